The van der Waals surface area contributed by atoms with E-state index in [4.69, 9.17) is 9.97 Å². The van der Waals surface area contributed by atoms with Gasteiger partial charge in [-0.25, -0.2) is 9.97 Å². The van der Waals surface area contributed by atoms with Gasteiger partial charge in [0.05, 0.1) is 16.9 Å². The molecule has 2 heterocycles. The maximum Gasteiger partial charge on any atom is 0.160 e. The largest absolute Gasteiger partial charge is 0.256 e. The first-order valence-electron chi connectivity index (χ1n) is 16.8. The summed E-state index contributed by atoms with van der Waals surface area (Å²) in [5.41, 5.74) is 13.0. The minimum atomic E-state index is 0.719. The highest BCUT2D eigenvalue weighted by atomic mass is 14.9. The van der Waals surface area contributed by atoms with Crippen molar-refractivity contribution in [1.29, 1.82) is 0 Å². The lowest BCUT2D eigenvalue weighted by Crippen LogP contribution is -1.95. The molecule has 9 aromatic rings. The van der Waals surface area contributed by atoms with Crippen LogP contribution in [0.4, 0.5) is 0 Å². The average molecular weight is 638 g/mol. The first kappa shape index (κ1) is 29.4. The zero-order chi connectivity index (χ0) is 33.3. The summed E-state index contributed by atoms with van der Waals surface area (Å²) in [5.74, 6) is 0.719. The van der Waals surface area contributed by atoms with Gasteiger partial charge in [-0.05, 0) is 62.9 Å². The fourth-order valence-corrected chi connectivity index (χ4v) is 6.69. The van der Waals surface area contributed by atoms with Crippen molar-refractivity contribution in [1.82, 2.24) is 15.0 Å². The number of aromatic nitrogens is 3. The van der Waals surface area contributed by atoms with E-state index >= 15 is 0 Å². The smallest absolute Gasteiger partial charge is 0.160 e. The van der Waals surface area contributed by atoms with Crippen molar-refractivity contribution >= 4 is 21.7 Å². The highest BCUT2D eigenvalue weighted by molar-refractivity contribution is 5.99. The van der Waals surface area contributed by atoms with Gasteiger partial charge in [-0.1, -0.05) is 158 Å². The quantitative estimate of drug-likeness (QED) is 0.182. The van der Waals surface area contributed by atoms with Crippen molar-refractivity contribution in [2.45, 2.75) is 0 Å². The van der Waals surface area contributed by atoms with Crippen molar-refractivity contribution in [2.75, 3.05) is 0 Å². The molecule has 0 aliphatic rings. The Morgan fingerprint density at radius 1 is 0.320 bits per heavy atom. The second-order valence-corrected chi connectivity index (χ2v) is 12.5. The molecule has 3 nitrogen and oxygen atoms in total. The van der Waals surface area contributed by atoms with Gasteiger partial charge in [-0.15, -0.1) is 0 Å². The van der Waals surface area contributed by atoms with Crippen LogP contribution in [0.1, 0.15) is 0 Å². The van der Waals surface area contributed by atoms with Crippen molar-refractivity contribution in [3.8, 4) is 67.3 Å². The first-order valence-corrected chi connectivity index (χ1v) is 16.8. The number of nitrogens with zero attached hydrogens (tertiary/aromatic N) is 3. The van der Waals surface area contributed by atoms with Gasteiger partial charge in [0.15, 0.2) is 5.82 Å². The van der Waals surface area contributed by atoms with E-state index in [1.165, 1.54) is 27.5 Å². The van der Waals surface area contributed by atoms with Gasteiger partial charge in [0.2, 0.25) is 0 Å². The Bertz CT molecular complexity index is 2550. The van der Waals surface area contributed by atoms with Crippen molar-refractivity contribution in [2.24, 2.45) is 0 Å². The molecule has 0 spiro atoms. The van der Waals surface area contributed by atoms with Crippen molar-refractivity contribution < 1.29 is 0 Å². The Labute approximate surface area is 291 Å². The third kappa shape index (κ3) is 5.72. The second kappa shape index (κ2) is 12.7. The Kier molecular flexibility index (Phi) is 7.49. The third-order valence-corrected chi connectivity index (χ3v) is 9.34. The van der Waals surface area contributed by atoms with Gasteiger partial charge >= 0.3 is 0 Å². The molecule has 0 saturated heterocycles. The fraction of sp³-hybridized carbons (Fsp3) is 0. The van der Waals surface area contributed by atoms with E-state index in [2.05, 4.69) is 138 Å². The maximum atomic E-state index is 5.00. The normalized spacial score (nSPS) is 11.2. The summed E-state index contributed by atoms with van der Waals surface area (Å²) in [4.78, 5) is 14.6. The van der Waals surface area contributed by atoms with Crippen LogP contribution >= 0.6 is 0 Å². The minimum absolute atomic E-state index is 0.719. The van der Waals surface area contributed by atoms with Gasteiger partial charge < -0.3 is 0 Å². The number of rotatable bonds is 6. The summed E-state index contributed by atoms with van der Waals surface area (Å²) in [6.45, 7) is 0. The van der Waals surface area contributed by atoms with E-state index in [0.717, 1.165) is 61.5 Å². The highest BCUT2D eigenvalue weighted by Gasteiger charge is 2.12. The molecule has 3 heteroatoms. The van der Waals surface area contributed by atoms with Crippen LogP contribution in [0.25, 0.3) is 89.0 Å². The zero-order valence-electron chi connectivity index (χ0n) is 27.2. The van der Waals surface area contributed by atoms with Gasteiger partial charge in [0.1, 0.15) is 0 Å². The summed E-state index contributed by atoms with van der Waals surface area (Å²) < 4.78 is 0. The molecule has 0 bridgehead atoms. The van der Waals surface area contributed by atoms with Crippen LogP contribution in [0.5, 0.6) is 0 Å². The van der Waals surface area contributed by atoms with E-state index < -0.39 is 0 Å². The van der Waals surface area contributed by atoms with Crippen molar-refractivity contribution in [3.05, 3.63) is 188 Å². The predicted octanol–water partition coefficient (Wildman–Crippen LogP) is 12.2. The molecule has 234 valence electrons. The first-order chi connectivity index (χ1) is 24.7. The molecular weight excluding hydrogens is 607 g/mol. The van der Waals surface area contributed by atoms with Crippen LogP contribution in [0, 0.1) is 0 Å². The van der Waals surface area contributed by atoms with Gasteiger partial charge in [0, 0.05) is 33.8 Å². The monoisotopic (exact) mass is 637 g/mol. The average Bonchev–Trinajstić information content (AvgIpc) is 3.21. The number of fused-ring (bicyclic) bond motifs is 2. The number of benzene rings is 7. The molecule has 0 amide bonds. The number of para-hydroxylation sites is 1. The Balaban J connectivity index is 1.01. The van der Waals surface area contributed by atoms with Crippen LogP contribution in [-0.2, 0) is 0 Å². The number of pyridine rings is 1. The van der Waals surface area contributed by atoms with E-state index in [9.17, 15) is 0 Å². The van der Waals surface area contributed by atoms with E-state index in [0.29, 0.717) is 0 Å². The SMILES string of the molecule is c1ccc(-c2cc(-c3ccc(-c4ccc5c(-c6ccc(-c7cnc8ccccc8c7)cc6)cccc5c4)cc3)nc(-c3ccccc3)n2)cc1. The topological polar surface area (TPSA) is 38.7 Å². The van der Waals surface area contributed by atoms with Gasteiger partial charge in [-0.3, -0.25) is 4.98 Å². The summed E-state index contributed by atoms with van der Waals surface area (Å²) in [5, 5.41) is 3.59. The molecular formula is C47H31N3. The molecule has 7 aromatic carbocycles. The lowest BCUT2D eigenvalue weighted by Gasteiger charge is -2.11. The van der Waals surface area contributed by atoms with E-state index in [-0.39, 0.29) is 0 Å². The van der Waals surface area contributed by atoms with Gasteiger partial charge in [0.25, 0.3) is 0 Å². The van der Waals surface area contributed by atoms with Crippen LogP contribution < -0.4 is 0 Å². The Morgan fingerprint density at radius 2 is 0.860 bits per heavy atom. The summed E-state index contributed by atoms with van der Waals surface area (Å²) >= 11 is 0. The lowest BCUT2D eigenvalue weighted by molar-refractivity contribution is 1.18. The third-order valence-electron chi connectivity index (χ3n) is 9.34. The molecule has 0 saturated carbocycles. The Morgan fingerprint density at radius 3 is 1.60 bits per heavy atom. The van der Waals surface area contributed by atoms with Crippen molar-refractivity contribution in [3.63, 3.8) is 0 Å². The molecule has 0 aliphatic heterocycles. The minimum Gasteiger partial charge on any atom is -0.256 e. The van der Waals surface area contributed by atoms with Crippen LogP contribution in [0.3, 0.4) is 0 Å². The molecule has 0 aliphatic carbocycles. The summed E-state index contributed by atoms with van der Waals surface area (Å²) in [6.07, 6.45) is 1.96. The molecule has 0 unspecified atom stereocenters. The standard InChI is InChI=1S/C47H31N3/c1-3-10-35(11-4-1)45-30-46(50-47(49-45)37-12-5-2-6-13-37)36-24-20-32(21-25-36)38-26-27-43-39(28-38)15-9-16-42(43)34-22-18-33(19-23-34)41-29-40-14-7-8-17-44(40)48-31-41/h1-31H. The number of hydrogen-bond acceptors (Lipinski definition) is 3. The summed E-state index contributed by atoms with van der Waals surface area (Å²) in [6, 6.07) is 63.8. The molecule has 2 aromatic heterocycles. The molecule has 50 heavy (non-hydrogen) atoms. The second-order valence-electron chi connectivity index (χ2n) is 12.5. The van der Waals surface area contributed by atoms with Crippen LogP contribution in [0.15, 0.2) is 188 Å². The van der Waals surface area contributed by atoms with Crippen LogP contribution in [0.2, 0.25) is 0 Å². The molecule has 0 atom stereocenters. The zero-order valence-corrected chi connectivity index (χ0v) is 27.2. The van der Waals surface area contributed by atoms with E-state index in [1.807, 2.05) is 54.7 Å². The molecule has 9 rings (SSSR count). The highest BCUT2D eigenvalue weighted by Crippen LogP contribution is 2.34. The predicted molar refractivity (Wildman–Crippen MR) is 207 cm³/mol. The molecule has 0 N–H and O–H groups in total. The van der Waals surface area contributed by atoms with Gasteiger partial charge in [-0.2, -0.15) is 0 Å². The lowest BCUT2D eigenvalue weighted by atomic mass is 9.94. The summed E-state index contributed by atoms with van der Waals surface area (Å²) in [7, 11) is 0. The molecule has 0 radical (unpaired) electrons. The molecule has 0 fully saturated rings. The fourth-order valence-electron chi connectivity index (χ4n) is 6.69. The number of hydrogen-bond donors (Lipinski definition) is 0. The van der Waals surface area contributed by atoms with E-state index in [1.54, 1.807) is 0 Å². The Hall–Kier alpha value is -6.71. The van der Waals surface area contributed by atoms with Crippen LogP contribution in [-0.4, -0.2) is 15.0 Å². The maximum absolute atomic E-state index is 5.00.